The molecule has 174 valence electrons. The molecule has 3 aromatic rings. The third-order valence-corrected chi connectivity index (χ3v) is 6.26. The van der Waals surface area contributed by atoms with Crippen molar-refractivity contribution < 1.29 is 22.7 Å². The first-order valence-corrected chi connectivity index (χ1v) is 11.5. The molecule has 1 aliphatic heterocycles. The number of aromatic nitrogens is 2. The maximum Gasteiger partial charge on any atom is 0.417 e. The zero-order valence-electron chi connectivity index (χ0n) is 17.3. The van der Waals surface area contributed by atoms with E-state index in [0.717, 1.165) is 12.3 Å². The highest BCUT2D eigenvalue weighted by Crippen LogP contribution is 2.30. The number of carbonyl (C=O) groups excluding carboxylic acids is 1. The van der Waals surface area contributed by atoms with E-state index in [9.17, 15) is 18.0 Å². The van der Waals surface area contributed by atoms with Gasteiger partial charge >= 0.3 is 6.18 Å². The second kappa shape index (κ2) is 9.96. The van der Waals surface area contributed by atoms with Crippen molar-refractivity contribution in [3.05, 3.63) is 69.3 Å². The molecule has 0 atom stereocenters. The summed E-state index contributed by atoms with van der Waals surface area (Å²) in [5, 5.41) is 5.98. The van der Waals surface area contributed by atoms with Crippen molar-refractivity contribution in [1.82, 2.24) is 15.3 Å². The number of pyridine rings is 1. The van der Waals surface area contributed by atoms with Gasteiger partial charge in [0.2, 0.25) is 0 Å². The second-order valence-electron chi connectivity index (χ2n) is 7.51. The molecule has 1 amide bonds. The Morgan fingerprint density at radius 3 is 2.55 bits per heavy atom. The van der Waals surface area contributed by atoms with Crippen molar-refractivity contribution >= 4 is 34.7 Å². The number of halogens is 4. The zero-order chi connectivity index (χ0) is 23.4. The van der Waals surface area contributed by atoms with E-state index in [1.807, 2.05) is 4.90 Å². The first-order chi connectivity index (χ1) is 15.8. The molecule has 0 radical (unpaired) electrons. The van der Waals surface area contributed by atoms with E-state index in [2.05, 4.69) is 15.3 Å². The average molecular weight is 497 g/mol. The van der Waals surface area contributed by atoms with E-state index >= 15 is 0 Å². The van der Waals surface area contributed by atoms with Gasteiger partial charge in [-0.15, -0.1) is 11.3 Å². The lowest BCUT2D eigenvalue weighted by Crippen LogP contribution is -2.45. The zero-order valence-corrected chi connectivity index (χ0v) is 18.9. The summed E-state index contributed by atoms with van der Waals surface area (Å²) in [6.45, 7) is 1.42. The Labute approximate surface area is 197 Å². The van der Waals surface area contributed by atoms with Crippen LogP contribution in [-0.2, 0) is 12.8 Å². The van der Waals surface area contributed by atoms with Gasteiger partial charge in [-0.25, -0.2) is 9.97 Å². The molecule has 1 saturated heterocycles. The predicted octanol–water partition coefficient (Wildman–Crippen LogP) is 5.19. The maximum absolute atomic E-state index is 12.7. The van der Waals surface area contributed by atoms with Crippen molar-refractivity contribution in [3.63, 3.8) is 0 Å². The highest BCUT2D eigenvalue weighted by Gasteiger charge is 2.31. The fourth-order valence-corrected chi connectivity index (χ4v) is 4.22. The monoisotopic (exact) mass is 496 g/mol. The van der Waals surface area contributed by atoms with Crippen molar-refractivity contribution in [2.24, 2.45) is 0 Å². The highest BCUT2D eigenvalue weighted by atomic mass is 35.5. The fourth-order valence-electron chi connectivity index (χ4n) is 3.41. The minimum atomic E-state index is -4.40. The Morgan fingerprint density at radius 2 is 1.91 bits per heavy atom. The first kappa shape index (κ1) is 23.3. The first-order valence-electron chi connectivity index (χ1n) is 10.2. The summed E-state index contributed by atoms with van der Waals surface area (Å²) in [4.78, 5) is 22.8. The number of alkyl halides is 3. The summed E-state index contributed by atoms with van der Waals surface area (Å²) in [7, 11) is 0. The molecule has 4 rings (SSSR count). The topological polar surface area (TPSA) is 67.4 Å². The number of carbonyl (C=O) groups is 1. The number of anilines is 1. The van der Waals surface area contributed by atoms with Crippen molar-refractivity contribution in [2.45, 2.75) is 31.7 Å². The number of piperidine rings is 1. The molecule has 0 bridgehead atoms. The number of rotatable bonds is 6. The lowest BCUT2D eigenvalue weighted by molar-refractivity contribution is -0.137. The molecule has 0 unspecified atom stereocenters. The largest absolute Gasteiger partial charge is 0.486 e. The van der Waals surface area contributed by atoms with Gasteiger partial charge in [0, 0.05) is 35.7 Å². The van der Waals surface area contributed by atoms with Gasteiger partial charge in [0.25, 0.3) is 5.91 Å². The molecule has 0 spiro atoms. The van der Waals surface area contributed by atoms with Crippen molar-refractivity contribution in [2.75, 3.05) is 18.0 Å². The Morgan fingerprint density at radius 1 is 1.18 bits per heavy atom. The van der Waals surface area contributed by atoms with Crippen LogP contribution in [0, 0.1) is 0 Å². The van der Waals surface area contributed by atoms with Crippen LogP contribution in [0.3, 0.4) is 0 Å². The second-order valence-corrected chi connectivity index (χ2v) is 8.89. The molecule has 2 aromatic heterocycles. The third kappa shape index (κ3) is 6.14. The quantitative estimate of drug-likeness (QED) is 0.509. The minimum Gasteiger partial charge on any atom is -0.486 e. The van der Waals surface area contributed by atoms with E-state index < -0.39 is 11.7 Å². The van der Waals surface area contributed by atoms with Crippen LogP contribution in [0.1, 0.15) is 33.9 Å². The molecule has 11 heteroatoms. The lowest BCUT2D eigenvalue weighted by Gasteiger charge is -2.33. The van der Waals surface area contributed by atoms with Gasteiger partial charge in [-0.3, -0.25) is 4.79 Å². The molecular formula is C22H20ClF3N4O2S. The summed E-state index contributed by atoms with van der Waals surface area (Å²) in [6.07, 6.45) is -2.24. The smallest absolute Gasteiger partial charge is 0.417 e. The van der Waals surface area contributed by atoms with E-state index in [0.29, 0.717) is 53.2 Å². The molecule has 0 aliphatic carbocycles. The van der Waals surface area contributed by atoms with Gasteiger partial charge in [-0.1, -0.05) is 11.6 Å². The summed E-state index contributed by atoms with van der Waals surface area (Å²) in [6, 6.07) is 9.36. The molecule has 1 N–H and O–H groups in total. The number of amides is 1. The van der Waals surface area contributed by atoms with E-state index in [4.69, 9.17) is 16.3 Å². The summed E-state index contributed by atoms with van der Waals surface area (Å²) in [5.74, 6) is 0.905. The number of nitrogens with one attached hydrogen (secondary N) is 1. The van der Waals surface area contributed by atoms with E-state index in [1.54, 1.807) is 29.6 Å². The van der Waals surface area contributed by atoms with E-state index in [1.165, 1.54) is 17.4 Å². The maximum atomic E-state index is 12.7. The fraction of sp³-hybridized carbons (Fsp3) is 0.318. The van der Waals surface area contributed by atoms with Crippen LogP contribution in [-0.4, -0.2) is 35.0 Å². The third-order valence-electron chi connectivity index (χ3n) is 5.19. The van der Waals surface area contributed by atoms with E-state index in [-0.39, 0.29) is 18.6 Å². The minimum absolute atomic E-state index is 0.0429. The SMILES string of the molecule is O=C(NC1CCN(c2ccc(C(F)(F)F)cn2)CC1)c1csc(COc2ccc(Cl)cc2)n1. The van der Waals surface area contributed by atoms with Crippen LogP contribution in [0.4, 0.5) is 19.0 Å². The van der Waals surface area contributed by atoms with Crippen LogP contribution >= 0.6 is 22.9 Å². The lowest BCUT2D eigenvalue weighted by atomic mass is 10.0. The number of ether oxygens (including phenoxy) is 1. The molecule has 1 aromatic carbocycles. The number of thiazole rings is 1. The Hall–Kier alpha value is -2.85. The van der Waals surface area contributed by atoms with Crippen LogP contribution in [0.15, 0.2) is 48.0 Å². The summed E-state index contributed by atoms with van der Waals surface area (Å²) >= 11 is 7.20. The van der Waals surface area contributed by atoms with Crippen LogP contribution in [0.25, 0.3) is 0 Å². The molecule has 33 heavy (non-hydrogen) atoms. The van der Waals surface area contributed by atoms with Gasteiger partial charge in [0.15, 0.2) is 0 Å². The van der Waals surface area contributed by atoms with Crippen molar-refractivity contribution in [3.8, 4) is 5.75 Å². The Bertz CT molecular complexity index is 1080. The molecular weight excluding hydrogens is 477 g/mol. The molecule has 3 heterocycles. The van der Waals surface area contributed by atoms with Crippen LogP contribution in [0.2, 0.25) is 5.02 Å². The number of hydrogen-bond acceptors (Lipinski definition) is 6. The number of benzene rings is 1. The Kier molecular flexibility index (Phi) is 7.04. The van der Waals surface area contributed by atoms with Gasteiger partial charge in [0.05, 0.1) is 5.56 Å². The van der Waals surface area contributed by atoms with Gasteiger partial charge < -0.3 is 15.0 Å². The molecule has 6 nitrogen and oxygen atoms in total. The summed E-state index contributed by atoms with van der Waals surface area (Å²) in [5.41, 5.74) is -0.434. The average Bonchev–Trinajstić information content (AvgIpc) is 3.28. The molecule has 0 saturated carbocycles. The molecule has 1 fully saturated rings. The van der Waals surface area contributed by atoms with Crippen LogP contribution < -0.4 is 15.0 Å². The van der Waals surface area contributed by atoms with Crippen LogP contribution in [0.5, 0.6) is 5.75 Å². The number of nitrogens with zero attached hydrogens (tertiary/aromatic N) is 3. The summed E-state index contributed by atoms with van der Waals surface area (Å²) < 4.78 is 43.8. The molecule has 1 aliphatic rings. The standard InChI is InChI=1S/C22H20ClF3N4O2S/c23-15-2-4-17(5-3-15)32-12-20-29-18(13-33-20)21(31)28-16-7-9-30(10-8-16)19-6-1-14(11-27-19)22(24,25)26/h1-6,11,13,16H,7-10,12H2,(H,28,31). The van der Waals surface area contributed by atoms with Gasteiger partial charge in [-0.05, 0) is 49.2 Å². The van der Waals surface area contributed by atoms with Crippen molar-refractivity contribution in [1.29, 1.82) is 0 Å². The van der Waals surface area contributed by atoms with Gasteiger partial charge in [0.1, 0.15) is 28.9 Å². The Balaban J connectivity index is 1.25. The predicted molar refractivity (Wildman–Crippen MR) is 120 cm³/mol. The number of hydrogen-bond donors (Lipinski definition) is 1. The highest BCUT2D eigenvalue weighted by molar-refractivity contribution is 7.09. The van der Waals surface area contributed by atoms with Gasteiger partial charge in [-0.2, -0.15) is 13.2 Å². The normalized spacial score (nSPS) is 14.8.